The summed E-state index contributed by atoms with van der Waals surface area (Å²) in [5.74, 6) is -0.918. The molecule has 0 aromatic heterocycles. The van der Waals surface area contributed by atoms with E-state index in [1.165, 1.54) is 10.5 Å². The standard InChI is InChI=1S/C24H28N2O3/c1-16(2)17-10-12-18(13-11-17)21-20(22(27)19-8-6-5-7-9-19)23(28)24(29)26(21)15-14-25(3)4/h5-13,16,21,27H,14-15H2,1-4H3/p+1/t21-/m1/s1. The Labute approximate surface area is 172 Å². The lowest BCUT2D eigenvalue weighted by molar-refractivity contribution is -0.857. The predicted octanol–water partition coefficient (Wildman–Crippen LogP) is 2.38. The summed E-state index contributed by atoms with van der Waals surface area (Å²) in [6, 6.07) is 16.3. The fourth-order valence-electron chi connectivity index (χ4n) is 3.62. The van der Waals surface area contributed by atoms with Crippen LogP contribution in [0.25, 0.3) is 5.76 Å². The maximum Gasteiger partial charge on any atom is 0.295 e. The largest absolute Gasteiger partial charge is 0.507 e. The van der Waals surface area contributed by atoms with Gasteiger partial charge in [-0.2, -0.15) is 0 Å². The number of aliphatic hydroxyl groups excluding tert-OH is 1. The van der Waals surface area contributed by atoms with Gasteiger partial charge in [0.2, 0.25) is 0 Å². The van der Waals surface area contributed by atoms with Crippen molar-refractivity contribution < 1.29 is 19.6 Å². The molecule has 29 heavy (non-hydrogen) atoms. The smallest absolute Gasteiger partial charge is 0.295 e. The van der Waals surface area contributed by atoms with E-state index in [2.05, 4.69) is 13.8 Å². The number of hydrogen-bond acceptors (Lipinski definition) is 3. The molecular weight excluding hydrogens is 364 g/mol. The molecule has 5 nitrogen and oxygen atoms in total. The van der Waals surface area contributed by atoms with Gasteiger partial charge in [0, 0.05) is 5.56 Å². The Bertz CT molecular complexity index is 915. The summed E-state index contributed by atoms with van der Waals surface area (Å²) in [5, 5.41) is 11.0. The van der Waals surface area contributed by atoms with E-state index in [1.54, 1.807) is 29.2 Å². The fraction of sp³-hybridized carbons (Fsp3) is 0.333. The van der Waals surface area contributed by atoms with E-state index >= 15 is 0 Å². The van der Waals surface area contributed by atoms with Crippen molar-refractivity contribution in [2.24, 2.45) is 0 Å². The Morgan fingerprint density at radius 3 is 2.21 bits per heavy atom. The molecule has 1 saturated heterocycles. The third-order valence-corrected chi connectivity index (χ3v) is 5.36. The molecule has 2 aromatic carbocycles. The highest BCUT2D eigenvalue weighted by molar-refractivity contribution is 6.46. The van der Waals surface area contributed by atoms with Crippen LogP contribution in [0.3, 0.4) is 0 Å². The van der Waals surface area contributed by atoms with Gasteiger partial charge in [-0.05, 0) is 17.0 Å². The average molecular weight is 394 g/mol. The number of quaternary nitrogens is 1. The molecule has 2 N–H and O–H groups in total. The summed E-state index contributed by atoms with van der Waals surface area (Å²) in [4.78, 5) is 28.5. The van der Waals surface area contributed by atoms with Crippen LogP contribution < -0.4 is 4.90 Å². The molecule has 1 amide bonds. The van der Waals surface area contributed by atoms with Crippen molar-refractivity contribution in [3.63, 3.8) is 0 Å². The van der Waals surface area contributed by atoms with Crippen LogP contribution in [-0.2, 0) is 9.59 Å². The first-order chi connectivity index (χ1) is 13.8. The van der Waals surface area contributed by atoms with Crippen LogP contribution in [0.1, 0.15) is 42.5 Å². The summed E-state index contributed by atoms with van der Waals surface area (Å²) < 4.78 is 0. The quantitative estimate of drug-likeness (QED) is 0.450. The summed E-state index contributed by atoms with van der Waals surface area (Å²) in [7, 11) is 4.01. The molecule has 0 radical (unpaired) electrons. The number of likely N-dealkylation sites (N-methyl/N-ethyl adjacent to an activating group) is 1. The lowest BCUT2D eigenvalue weighted by Gasteiger charge is -2.26. The number of likely N-dealkylation sites (tertiary alicyclic amines) is 1. The summed E-state index contributed by atoms with van der Waals surface area (Å²) >= 11 is 0. The van der Waals surface area contributed by atoms with E-state index < -0.39 is 17.7 Å². The summed E-state index contributed by atoms with van der Waals surface area (Å²) in [5.41, 5.74) is 2.71. The van der Waals surface area contributed by atoms with Crippen LogP contribution in [0.5, 0.6) is 0 Å². The highest BCUT2D eigenvalue weighted by Crippen LogP contribution is 2.39. The second-order valence-corrected chi connectivity index (χ2v) is 8.14. The van der Waals surface area contributed by atoms with E-state index in [0.29, 0.717) is 24.6 Å². The van der Waals surface area contributed by atoms with Crippen molar-refractivity contribution in [3.8, 4) is 0 Å². The normalized spacial score (nSPS) is 18.8. The Hall–Kier alpha value is -2.92. The van der Waals surface area contributed by atoms with Crippen molar-refractivity contribution in [2.75, 3.05) is 27.2 Å². The third-order valence-electron chi connectivity index (χ3n) is 5.36. The van der Waals surface area contributed by atoms with Crippen molar-refractivity contribution >= 4 is 17.4 Å². The minimum Gasteiger partial charge on any atom is -0.507 e. The zero-order chi connectivity index (χ0) is 21.1. The van der Waals surface area contributed by atoms with Gasteiger partial charge in [0.05, 0.1) is 38.8 Å². The van der Waals surface area contributed by atoms with Crippen molar-refractivity contribution in [1.82, 2.24) is 4.90 Å². The van der Waals surface area contributed by atoms with E-state index in [4.69, 9.17) is 0 Å². The molecule has 5 heteroatoms. The molecule has 1 aliphatic rings. The van der Waals surface area contributed by atoms with Gasteiger partial charge in [0.15, 0.2) is 0 Å². The zero-order valence-electron chi connectivity index (χ0n) is 17.5. The number of ketones is 1. The molecule has 0 saturated carbocycles. The number of nitrogens with zero attached hydrogens (tertiary/aromatic N) is 1. The SMILES string of the molecule is CC(C)c1ccc([C@@H]2C(=C(O)c3ccccc3)C(=O)C(=O)N2CC[NH+](C)C)cc1. The number of rotatable bonds is 6. The number of carbonyl (C=O) groups is 2. The van der Waals surface area contributed by atoms with Gasteiger partial charge in [-0.15, -0.1) is 0 Å². The van der Waals surface area contributed by atoms with Gasteiger partial charge < -0.3 is 14.9 Å². The first-order valence-electron chi connectivity index (χ1n) is 10.0. The number of benzene rings is 2. The highest BCUT2D eigenvalue weighted by Gasteiger charge is 2.46. The number of amides is 1. The van der Waals surface area contributed by atoms with Crippen LogP contribution in [0.15, 0.2) is 60.2 Å². The average Bonchev–Trinajstić information content (AvgIpc) is 2.97. The van der Waals surface area contributed by atoms with Crippen LogP contribution >= 0.6 is 0 Å². The van der Waals surface area contributed by atoms with Crippen molar-refractivity contribution in [3.05, 3.63) is 76.9 Å². The first kappa shape index (κ1) is 20.8. The van der Waals surface area contributed by atoms with Gasteiger partial charge in [0.1, 0.15) is 5.76 Å². The fourth-order valence-corrected chi connectivity index (χ4v) is 3.62. The second-order valence-electron chi connectivity index (χ2n) is 8.14. The van der Waals surface area contributed by atoms with Crippen LogP contribution in [0.4, 0.5) is 0 Å². The Balaban J connectivity index is 2.11. The van der Waals surface area contributed by atoms with E-state index in [1.807, 2.05) is 44.4 Å². The molecule has 0 unspecified atom stereocenters. The molecule has 152 valence electrons. The molecule has 1 fully saturated rings. The lowest BCUT2D eigenvalue weighted by Crippen LogP contribution is -3.06. The molecule has 3 rings (SSSR count). The van der Waals surface area contributed by atoms with Crippen LogP contribution in [0, 0.1) is 0 Å². The van der Waals surface area contributed by atoms with Gasteiger partial charge in [-0.3, -0.25) is 9.59 Å². The Morgan fingerprint density at radius 1 is 1.03 bits per heavy atom. The minimum atomic E-state index is -0.627. The maximum atomic E-state index is 12.9. The van der Waals surface area contributed by atoms with Gasteiger partial charge in [0.25, 0.3) is 11.7 Å². The highest BCUT2D eigenvalue weighted by atomic mass is 16.3. The zero-order valence-corrected chi connectivity index (χ0v) is 17.5. The van der Waals surface area contributed by atoms with Gasteiger partial charge >= 0.3 is 0 Å². The molecule has 1 aliphatic heterocycles. The predicted molar refractivity (Wildman–Crippen MR) is 114 cm³/mol. The van der Waals surface area contributed by atoms with Crippen LogP contribution in [-0.4, -0.2) is 48.9 Å². The maximum absolute atomic E-state index is 12.9. The van der Waals surface area contributed by atoms with E-state index in [-0.39, 0.29) is 11.3 Å². The molecule has 0 aliphatic carbocycles. The van der Waals surface area contributed by atoms with Crippen LogP contribution in [0.2, 0.25) is 0 Å². The first-order valence-corrected chi connectivity index (χ1v) is 10.0. The number of nitrogens with one attached hydrogen (secondary N) is 1. The van der Waals surface area contributed by atoms with E-state index in [9.17, 15) is 14.7 Å². The van der Waals surface area contributed by atoms with Crippen molar-refractivity contribution in [2.45, 2.75) is 25.8 Å². The topological polar surface area (TPSA) is 62.0 Å². The number of hydrogen-bond donors (Lipinski definition) is 2. The summed E-state index contributed by atoms with van der Waals surface area (Å²) in [6.45, 7) is 5.39. The number of carbonyl (C=O) groups excluding carboxylic acids is 2. The molecule has 0 bridgehead atoms. The monoisotopic (exact) mass is 393 g/mol. The second kappa shape index (κ2) is 8.62. The van der Waals surface area contributed by atoms with Gasteiger partial charge in [-0.25, -0.2) is 0 Å². The Kier molecular flexibility index (Phi) is 6.18. The minimum absolute atomic E-state index is 0.124. The number of aliphatic hydroxyl groups is 1. The number of Topliss-reactive ketones (excluding diaryl/α,β-unsaturated/α-hetero) is 1. The molecule has 1 heterocycles. The van der Waals surface area contributed by atoms with Gasteiger partial charge in [-0.1, -0.05) is 68.4 Å². The molecule has 2 aromatic rings. The molecule has 0 spiro atoms. The molecular formula is C24H29N2O3+. The summed E-state index contributed by atoms with van der Waals surface area (Å²) in [6.07, 6.45) is 0. The van der Waals surface area contributed by atoms with Crippen molar-refractivity contribution in [1.29, 1.82) is 0 Å². The Morgan fingerprint density at radius 2 is 1.66 bits per heavy atom. The lowest BCUT2D eigenvalue weighted by atomic mass is 9.93. The van der Waals surface area contributed by atoms with E-state index in [0.717, 1.165) is 5.56 Å². The third kappa shape index (κ3) is 4.25. The molecule has 1 atom stereocenters.